The van der Waals surface area contributed by atoms with Crippen LogP contribution in [0.2, 0.25) is 0 Å². The molecule has 96 valence electrons. The summed E-state index contributed by atoms with van der Waals surface area (Å²) in [7, 11) is -2.86. The quantitative estimate of drug-likeness (QED) is 0.733. The van der Waals surface area contributed by atoms with Crippen LogP contribution in [-0.2, 0) is 9.84 Å². The molecule has 1 aliphatic heterocycles. The van der Waals surface area contributed by atoms with Crippen molar-refractivity contribution in [3.05, 3.63) is 0 Å². The van der Waals surface area contributed by atoms with Crippen molar-refractivity contribution >= 4 is 9.84 Å². The third-order valence-electron chi connectivity index (χ3n) is 3.23. The zero-order valence-electron chi connectivity index (χ0n) is 10.4. The second kappa shape index (κ2) is 7.28. The molecule has 3 nitrogen and oxygen atoms in total. The maximum Gasteiger partial charge on any atom is 0.166 e. The summed E-state index contributed by atoms with van der Waals surface area (Å²) in [6.07, 6.45) is 8.56. The molecule has 1 saturated heterocycles. The number of unbranched alkanes of at least 4 members (excludes halogenated alkanes) is 4. The Hall–Kier alpha value is -0.0900. The lowest BCUT2D eigenvalue weighted by atomic mass is 10.1. The Morgan fingerprint density at radius 3 is 2.62 bits per heavy atom. The van der Waals surface area contributed by atoms with Crippen molar-refractivity contribution in [1.82, 2.24) is 5.32 Å². The number of hydrogen-bond donors (Lipinski definition) is 1. The van der Waals surface area contributed by atoms with Gasteiger partial charge in [-0.15, -0.1) is 0 Å². The molecule has 1 N–H and O–H groups in total. The monoisotopic (exact) mass is 247 g/mol. The highest BCUT2D eigenvalue weighted by Crippen LogP contribution is 2.15. The first-order chi connectivity index (χ1) is 7.67. The Labute approximate surface area is 99.9 Å². The topological polar surface area (TPSA) is 46.2 Å². The first-order valence-electron chi connectivity index (χ1n) is 6.62. The lowest BCUT2D eigenvalue weighted by Gasteiger charge is -2.15. The lowest BCUT2D eigenvalue weighted by molar-refractivity contribution is 0.515. The third-order valence-corrected chi connectivity index (χ3v) is 5.36. The molecule has 4 heteroatoms. The van der Waals surface area contributed by atoms with Gasteiger partial charge in [-0.2, -0.15) is 0 Å². The van der Waals surface area contributed by atoms with Gasteiger partial charge in [0.2, 0.25) is 0 Å². The Bertz CT molecular complexity index is 275. The van der Waals surface area contributed by atoms with Gasteiger partial charge >= 0.3 is 0 Å². The van der Waals surface area contributed by atoms with E-state index < -0.39 is 9.84 Å². The molecule has 0 aromatic rings. The second-order valence-corrected chi connectivity index (χ2v) is 7.02. The standard InChI is InChI=1S/C12H25NO2S/c1-2-3-4-5-6-9-12-13-10-7-8-11-16(12,14)15/h12-13H,2-11H2,1H3. The molecule has 0 radical (unpaired) electrons. The Kier molecular flexibility index (Phi) is 6.36. The summed E-state index contributed by atoms with van der Waals surface area (Å²) in [6, 6.07) is 0. The zero-order valence-corrected chi connectivity index (χ0v) is 11.2. The smallest absolute Gasteiger partial charge is 0.166 e. The molecule has 1 heterocycles. The Morgan fingerprint density at radius 1 is 1.12 bits per heavy atom. The molecule has 0 saturated carbocycles. The van der Waals surface area contributed by atoms with Crippen LogP contribution >= 0.6 is 0 Å². The van der Waals surface area contributed by atoms with E-state index in [1.54, 1.807) is 0 Å². The summed E-state index contributed by atoms with van der Waals surface area (Å²) >= 11 is 0. The molecule has 1 aliphatic rings. The minimum Gasteiger partial charge on any atom is -0.301 e. The molecule has 1 fully saturated rings. The molecule has 16 heavy (non-hydrogen) atoms. The van der Waals surface area contributed by atoms with Crippen molar-refractivity contribution in [2.75, 3.05) is 12.3 Å². The van der Waals surface area contributed by atoms with Crippen LogP contribution in [0.3, 0.4) is 0 Å². The van der Waals surface area contributed by atoms with Crippen molar-refractivity contribution in [3.8, 4) is 0 Å². The van der Waals surface area contributed by atoms with Gasteiger partial charge in [-0.05, 0) is 25.8 Å². The normalized spacial score (nSPS) is 25.2. The average molecular weight is 247 g/mol. The van der Waals surface area contributed by atoms with E-state index in [0.717, 1.165) is 32.2 Å². The molecule has 0 aromatic heterocycles. The van der Waals surface area contributed by atoms with Crippen molar-refractivity contribution < 1.29 is 8.42 Å². The van der Waals surface area contributed by atoms with E-state index in [1.807, 2.05) is 0 Å². The first-order valence-corrected chi connectivity index (χ1v) is 8.33. The fraction of sp³-hybridized carbons (Fsp3) is 1.00. The largest absolute Gasteiger partial charge is 0.301 e. The molecule has 0 aromatic carbocycles. The molecule has 0 aliphatic carbocycles. The van der Waals surface area contributed by atoms with Crippen LogP contribution in [0, 0.1) is 0 Å². The van der Waals surface area contributed by atoms with Gasteiger partial charge < -0.3 is 5.32 Å². The van der Waals surface area contributed by atoms with E-state index in [1.165, 1.54) is 25.7 Å². The van der Waals surface area contributed by atoms with E-state index in [-0.39, 0.29) is 5.37 Å². The summed E-state index contributed by atoms with van der Waals surface area (Å²) in [5.74, 6) is 0.375. The van der Waals surface area contributed by atoms with Gasteiger partial charge in [0.25, 0.3) is 0 Å². The van der Waals surface area contributed by atoms with Gasteiger partial charge in [0.15, 0.2) is 9.84 Å². The summed E-state index contributed by atoms with van der Waals surface area (Å²) in [5, 5.41) is 2.91. The van der Waals surface area contributed by atoms with Gasteiger partial charge in [0.1, 0.15) is 5.37 Å². The fourth-order valence-electron chi connectivity index (χ4n) is 2.18. The first kappa shape index (κ1) is 14.0. The van der Waals surface area contributed by atoms with Crippen molar-refractivity contribution in [2.45, 2.75) is 63.7 Å². The van der Waals surface area contributed by atoms with Gasteiger partial charge in [0.05, 0.1) is 5.75 Å². The molecule has 0 amide bonds. The van der Waals surface area contributed by atoms with Crippen LogP contribution in [-0.4, -0.2) is 26.1 Å². The van der Waals surface area contributed by atoms with Crippen LogP contribution in [0.5, 0.6) is 0 Å². The van der Waals surface area contributed by atoms with Crippen molar-refractivity contribution in [2.24, 2.45) is 0 Å². The van der Waals surface area contributed by atoms with Crippen LogP contribution in [0.15, 0.2) is 0 Å². The number of sulfone groups is 1. The molecule has 0 bridgehead atoms. The van der Waals surface area contributed by atoms with E-state index in [0.29, 0.717) is 5.75 Å². The second-order valence-electron chi connectivity index (χ2n) is 4.72. The van der Waals surface area contributed by atoms with E-state index in [4.69, 9.17) is 0 Å². The maximum atomic E-state index is 11.9. The lowest BCUT2D eigenvalue weighted by Crippen LogP contribution is -2.36. The highest BCUT2D eigenvalue weighted by Gasteiger charge is 2.25. The predicted octanol–water partition coefficient (Wildman–Crippen LogP) is 2.47. The van der Waals surface area contributed by atoms with Crippen molar-refractivity contribution in [1.29, 1.82) is 0 Å². The Balaban J connectivity index is 2.27. The minimum absolute atomic E-state index is 0.267. The van der Waals surface area contributed by atoms with Crippen LogP contribution in [0.25, 0.3) is 0 Å². The van der Waals surface area contributed by atoms with Crippen LogP contribution < -0.4 is 5.32 Å². The predicted molar refractivity (Wildman–Crippen MR) is 68.2 cm³/mol. The number of rotatable bonds is 6. The zero-order chi connectivity index (χ0) is 11.9. The molecule has 1 unspecified atom stereocenters. The summed E-state index contributed by atoms with van der Waals surface area (Å²) < 4.78 is 23.7. The molecular formula is C12H25NO2S. The third kappa shape index (κ3) is 4.83. The fourth-order valence-corrected chi connectivity index (χ4v) is 3.96. The van der Waals surface area contributed by atoms with Crippen molar-refractivity contribution in [3.63, 3.8) is 0 Å². The Morgan fingerprint density at radius 2 is 1.88 bits per heavy atom. The maximum absolute atomic E-state index is 11.9. The van der Waals surface area contributed by atoms with E-state index in [9.17, 15) is 8.42 Å². The SMILES string of the molecule is CCCCCCCC1NCCCCS1(=O)=O. The highest BCUT2D eigenvalue weighted by molar-refractivity contribution is 7.91. The molecule has 0 spiro atoms. The van der Waals surface area contributed by atoms with Gasteiger partial charge in [-0.25, -0.2) is 8.42 Å². The van der Waals surface area contributed by atoms with Gasteiger partial charge in [-0.1, -0.05) is 39.0 Å². The van der Waals surface area contributed by atoms with Crippen LogP contribution in [0.4, 0.5) is 0 Å². The minimum atomic E-state index is -2.86. The summed E-state index contributed by atoms with van der Waals surface area (Å²) in [6.45, 7) is 3.05. The van der Waals surface area contributed by atoms with Gasteiger partial charge in [-0.3, -0.25) is 0 Å². The number of hydrogen-bond acceptors (Lipinski definition) is 3. The number of nitrogens with one attached hydrogen (secondary N) is 1. The summed E-state index contributed by atoms with van der Waals surface area (Å²) in [5.41, 5.74) is 0. The highest BCUT2D eigenvalue weighted by atomic mass is 32.2. The van der Waals surface area contributed by atoms with Crippen LogP contribution in [0.1, 0.15) is 58.3 Å². The van der Waals surface area contributed by atoms with Gasteiger partial charge in [0, 0.05) is 0 Å². The molecule has 1 atom stereocenters. The molecule has 1 rings (SSSR count). The average Bonchev–Trinajstić information content (AvgIpc) is 2.40. The summed E-state index contributed by atoms with van der Waals surface area (Å²) in [4.78, 5) is 0. The van der Waals surface area contributed by atoms with E-state index >= 15 is 0 Å². The van der Waals surface area contributed by atoms with E-state index in [2.05, 4.69) is 12.2 Å². The molecular weight excluding hydrogens is 222 g/mol.